The van der Waals surface area contributed by atoms with Crippen LogP contribution in [0.2, 0.25) is 5.02 Å². The van der Waals surface area contributed by atoms with Gasteiger partial charge in [0.25, 0.3) is 5.91 Å². The van der Waals surface area contributed by atoms with Crippen molar-refractivity contribution in [3.05, 3.63) is 62.7 Å². The van der Waals surface area contributed by atoms with E-state index in [2.05, 4.69) is 10.5 Å². The van der Waals surface area contributed by atoms with E-state index in [9.17, 15) is 20.0 Å². The van der Waals surface area contributed by atoms with Crippen LogP contribution in [0.25, 0.3) is 0 Å². The molecule has 8 nitrogen and oxygen atoms in total. The summed E-state index contributed by atoms with van der Waals surface area (Å²) in [6, 6.07) is 8.74. The van der Waals surface area contributed by atoms with Crippen molar-refractivity contribution in [1.82, 2.24) is 5.43 Å². The Kier molecular flexibility index (Phi) is 5.91. The summed E-state index contributed by atoms with van der Waals surface area (Å²) in [5.74, 6) is -0.454. The van der Waals surface area contributed by atoms with Crippen LogP contribution in [0.3, 0.4) is 0 Å². The minimum atomic E-state index is -0.715. The fourth-order valence-electron chi connectivity index (χ4n) is 1.83. The second kappa shape index (κ2) is 8.11. The number of phenols is 1. The zero-order valence-corrected chi connectivity index (χ0v) is 13.9. The van der Waals surface area contributed by atoms with Crippen LogP contribution in [-0.2, 0) is 4.79 Å². The number of rotatable bonds is 6. The Morgan fingerprint density at radius 1 is 1.40 bits per heavy atom. The molecule has 130 valence electrons. The number of nitro benzene ring substituents is 1. The molecule has 0 aromatic heterocycles. The van der Waals surface area contributed by atoms with Crippen molar-refractivity contribution in [3.63, 3.8) is 0 Å². The molecule has 0 bridgehead atoms. The van der Waals surface area contributed by atoms with E-state index < -0.39 is 22.3 Å². The Labute approximate surface area is 147 Å². The van der Waals surface area contributed by atoms with Crippen molar-refractivity contribution in [2.75, 3.05) is 6.61 Å². The number of nitro groups is 1. The molecular weight excluding hydrogens is 350 g/mol. The molecule has 0 radical (unpaired) electrons. The Balaban J connectivity index is 1.89. The topological polar surface area (TPSA) is 114 Å². The fourth-order valence-corrected chi connectivity index (χ4v) is 1.95. The van der Waals surface area contributed by atoms with Crippen LogP contribution in [0.4, 0.5) is 5.69 Å². The zero-order chi connectivity index (χ0) is 18.4. The summed E-state index contributed by atoms with van der Waals surface area (Å²) in [5.41, 5.74) is 2.96. The highest BCUT2D eigenvalue weighted by molar-refractivity contribution is 6.31. The fraction of sp³-hybridized carbons (Fsp3) is 0.125. The molecular formula is C16H14ClN3O5. The molecule has 0 spiro atoms. The molecule has 0 fully saturated rings. The van der Waals surface area contributed by atoms with E-state index in [0.29, 0.717) is 16.3 Å². The molecule has 0 saturated heterocycles. The average Bonchev–Trinajstić information content (AvgIpc) is 2.57. The summed E-state index contributed by atoms with van der Waals surface area (Å²) >= 11 is 5.90. The van der Waals surface area contributed by atoms with Gasteiger partial charge in [0.05, 0.1) is 11.1 Å². The van der Waals surface area contributed by atoms with E-state index in [1.165, 1.54) is 18.3 Å². The Hall–Kier alpha value is -3.13. The summed E-state index contributed by atoms with van der Waals surface area (Å²) < 4.78 is 5.31. The molecule has 2 rings (SSSR count). The van der Waals surface area contributed by atoms with Crippen LogP contribution in [0.1, 0.15) is 11.1 Å². The maximum Gasteiger partial charge on any atom is 0.311 e. The lowest BCUT2D eigenvalue weighted by atomic mass is 10.2. The van der Waals surface area contributed by atoms with E-state index in [1.54, 1.807) is 18.2 Å². The first-order chi connectivity index (χ1) is 11.9. The maximum atomic E-state index is 11.7. The largest absolute Gasteiger partial charge is 0.502 e. The van der Waals surface area contributed by atoms with Gasteiger partial charge in [0.1, 0.15) is 5.75 Å². The van der Waals surface area contributed by atoms with Crippen LogP contribution >= 0.6 is 11.6 Å². The molecule has 2 aromatic carbocycles. The molecule has 0 atom stereocenters. The molecule has 0 saturated carbocycles. The summed E-state index contributed by atoms with van der Waals surface area (Å²) in [7, 11) is 0. The first kappa shape index (κ1) is 18.2. The van der Waals surface area contributed by atoms with Gasteiger partial charge in [0.15, 0.2) is 12.4 Å². The molecule has 1 amide bonds. The number of ether oxygens (including phenoxy) is 1. The predicted molar refractivity (Wildman–Crippen MR) is 92.2 cm³/mol. The number of halogens is 1. The Bertz CT molecular complexity index is 839. The third-order valence-electron chi connectivity index (χ3n) is 3.10. The van der Waals surface area contributed by atoms with Gasteiger partial charge in [-0.25, -0.2) is 5.43 Å². The minimum absolute atomic E-state index is 0.256. The van der Waals surface area contributed by atoms with Gasteiger partial charge >= 0.3 is 5.69 Å². The normalized spacial score (nSPS) is 10.6. The second-order valence-electron chi connectivity index (χ2n) is 5.00. The quantitative estimate of drug-likeness (QED) is 0.465. The Morgan fingerprint density at radius 3 is 2.84 bits per heavy atom. The van der Waals surface area contributed by atoms with Gasteiger partial charge in [-0.3, -0.25) is 14.9 Å². The van der Waals surface area contributed by atoms with Crippen LogP contribution in [0.15, 0.2) is 41.5 Å². The average molecular weight is 364 g/mol. The first-order valence-corrected chi connectivity index (χ1v) is 7.43. The number of carbonyl (C=O) groups is 1. The molecule has 0 aliphatic carbocycles. The van der Waals surface area contributed by atoms with Crippen molar-refractivity contribution in [2.24, 2.45) is 5.10 Å². The molecule has 2 aromatic rings. The number of hydrogen-bond donors (Lipinski definition) is 2. The van der Waals surface area contributed by atoms with Crippen LogP contribution in [-0.4, -0.2) is 28.8 Å². The van der Waals surface area contributed by atoms with Crippen LogP contribution < -0.4 is 10.2 Å². The molecule has 0 aliphatic heterocycles. The van der Waals surface area contributed by atoms with Crippen molar-refractivity contribution < 1.29 is 19.6 Å². The predicted octanol–water partition coefficient (Wildman–Crippen LogP) is 2.79. The number of carbonyl (C=O) groups excluding carboxylic acids is 1. The lowest BCUT2D eigenvalue weighted by Gasteiger charge is -2.06. The highest BCUT2D eigenvalue weighted by atomic mass is 35.5. The van der Waals surface area contributed by atoms with Gasteiger partial charge in [-0.15, -0.1) is 0 Å². The maximum absolute atomic E-state index is 11.7. The number of amides is 1. The summed E-state index contributed by atoms with van der Waals surface area (Å²) in [6.07, 6.45) is 1.22. The minimum Gasteiger partial charge on any atom is -0.502 e. The lowest BCUT2D eigenvalue weighted by molar-refractivity contribution is -0.385. The number of hydrazone groups is 1. The summed E-state index contributed by atoms with van der Waals surface area (Å²) in [6.45, 7) is 1.56. The molecule has 2 N–H and O–H groups in total. The van der Waals surface area contributed by atoms with Crippen molar-refractivity contribution in [3.8, 4) is 11.5 Å². The number of nitrogens with one attached hydrogen (secondary N) is 1. The third-order valence-corrected chi connectivity index (χ3v) is 3.52. The molecule has 9 heteroatoms. The number of nitrogens with zero attached hydrogens (tertiary/aromatic N) is 2. The molecule has 25 heavy (non-hydrogen) atoms. The van der Waals surface area contributed by atoms with Gasteiger partial charge in [0.2, 0.25) is 0 Å². The van der Waals surface area contributed by atoms with Gasteiger partial charge in [-0.1, -0.05) is 11.6 Å². The standard InChI is InChI=1S/C16H14ClN3O5/c1-10-6-12(3-4-13(10)17)25-9-16(22)19-18-8-11-2-5-15(21)14(7-11)20(23)24/h2-8,21H,9H2,1H3,(H,19,22)/b18-8+. The smallest absolute Gasteiger partial charge is 0.311 e. The van der Waals surface area contributed by atoms with Gasteiger partial charge in [-0.2, -0.15) is 5.10 Å². The lowest BCUT2D eigenvalue weighted by Crippen LogP contribution is -2.24. The van der Waals surface area contributed by atoms with Crippen molar-refractivity contribution in [2.45, 2.75) is 6.92 Å². The van der Waals surface area contributed by atoms with E-state index in [1.807, 2.05) is 6.92 Å². The summed E-state index contributed by atoms with van der Waals surface area (Å²) in [4.78, 5) is 21.7. The zero-order valence-electron chi connectivity index (χ0n) is 13.1. The van der Waals surface area contributed by atoms with E-state index in [-0.39, 0.29) is 6.61 Å². The Morgan fingerprint density at radius 2 is 2.16 bits per heavy atom. The number of phenolic OH excluding ortho intramolecular Hbond substituents is 1. The number of aromatic hydroxyl groups is 1. The highest BCUT2D eigenvalue weighted by Crippen LogP contribution is 2.25. The van der Waals surface area contributed by atoms with Crippen LogP contribution in [0.5, 0.6) is 11.5 Å². The SMILES string of the molecule is Cc1cc(OCC(=O)N/N=C/c2ccc(O)c([N+](=O)[O-])c2)ccc1Cl. The molecule has 0 aliphatic rings. The van der Waals surface area contributed by atoms with E-state index in [0.717, 1.165) is 11.6 Å². The number of aryl methyl sites for hydroxylation is 1. The van der Waals surface area contributed by atoms with Gasteiger partial charge < -0.3 is 9.84 Å². The van der Waals surface area contributed by atoms with Gasteiger partial charge in [-0.05, 0) is 42.8 Å². The van der Waals surface area contributed by atoms with E-state index in [4.69, 9.17) is 16.3 Å². The molecule has 0 unspecified atom stereocenters. The first-order valence-electron chi connectivity index (χ1n) is 7.05. The van der Waals surface area contributed by atoms with Crippen molar-refractivity contribution in [1.29, 1.82) is 0 Å². The third kappa shape index (κ3) is 5.18. The van der Waals surface area contributed by atoms with E-state index >= 15 is 0 Å². The van der Waals surface area contributed by atoms with Gasteiger partial charge in [0, 0.05) is 16.7 Å². The number of benzene rings is 2. The number of hydrogen-bond acceptors (Lipinski definition) is 6. The van der Waals surface area contributed by atoms with Crippen molar-refractivity contribution >= 4 is 29.4 Å². The second-order valence-corrected chi connectivity index (χ2v) is 5.41. The summed E-state index contributed by atoms with van der Waals surface area (Å²) in [5, 5.41) is 24.4. The van der Waals surface area contributed by atoms with Crippen LogP contribution in [0, 0.1) is 17.0 Å². The monoisotopic (exact) mass is 363 g/mol. The highest BCUT2D eigenvalue weighted by Gasteiger charge is 2.12. The molecule has 0 heterocycles.